The monoisotopic (exact) mass is 365 g/mol. The number of fused-ring (bicyclic) bond motifs is 1. The van der Waals surface area contributed by atoms with Crippen molar-refractivity contribution in [2.24, 2.45) is 5.92 Å². The van der Waals surface area contributed by atoms with E-state index in [1.165, 1.54) is 22.5 Å². The molecule has 2 atom stereocenters. The zero-order valence-electron chi connectivity index (χ0n) is 14.8. The van der Waals surface area contributed by atoms with Gasteiger partial charge in [0.05, 0.1) is 11.2 Å². The van der Waals surface area contributed by atoms with Gasteiger partial charge in [0.15, 0.2) is 5.13 Å². The van der Waals surface area contributed by atoms with Crippen molar-refractivity contribution in [1.82, 2.24) is 20.4 Å². The van der Waals surface area contributed by atoms with Gasteiger partial charge in [0.1, 0.15) is 5.52 Å². The smallest absolute Gasteiger partial charge is 0.257 e. The van der Waals surface area contributed by atoms with E-state index in [0.29, 0.717) is 22.1 Å². The van der Waals surface area contributed by atoms with E-state index >= 15 is 0 Å². The van der Waals surface area contributed by atoms with Crippen LogP contribution in [-0.2, 0) is 0 Å². The second kappa shape index (κ2) is 6.49. The predicted octanol–water partition coefficient (Wildman–Crippen LogP) is 4.29. The van der Waals surface area contributed by atoms with Crippen LogP contribution in [0.1, 0.15) is 42.7 Å². The van der Waals surface area contributed by atoms with Gasteiger partial charge in [0.2, 0.25) is 0 Å². The first-order chi connectivity index (χ1) is 12.5. The molecule has 4 rings (SSSR count). The number of aromatic nitrogens is 4. The lowest BCUT2D eigenvalue weighted by Gasteiger charge is -2.25. The fourth-order valence-corrected chi connectivity index (χ4v) is 4.31. The van der Waals surface area contributed by atoms with Crippen molar-refractivity contribution < 1.29 is 4.79 Å². The van der Waals surface area contributed by atoms with Crippen molar-refractivity contribution in [3.05, 3.63) is 58.1 Å². The Bertz CT molecular complexity index is 1050. The Morgan fingerprint density at radius 2 is 2.15 bits per heavy atom. The molecule has 1 amide bonds. The molecule has 1 aromatic carbocycles. The fourth-order valence-electron chi connectivity index (χ4n) is 3.56. The van der Waals surface area contributed by atoms with E-state index in [0.717, 1.165) is 11.2 Å². The van der Waals surface area contributed by atoms with Crippen LogP contribution in [0.4, 0.5) is 5.13 Å². The van der Waals surface area contributed by atoms with Gasteiger partial charge in [-0.2, -0.15) is 0 Å². The zero-order chi connectivity index (χ0) is 18.3. The SMILES string of the molecule is CC1=CC(C)C(c2csc(NC(=O)c3ccc4[nH]nnc4c3)n2)C(C)=C1. The number of allylic oxidation sites excluding steroid dienone is 4. The summed E-state index contributed by atoms with van der Waals surface area (Å²) < 4.78 is 0. The van der Waals surface area contributed by atoms with Gasteiger partial charge < -0.3 is 0 Å². The number of carbonyl (C=O) groups is 1. The second-order valence-corrected chi connectivity index (χ2v) is 7.57. The van der Waals surface area contributed by atoms with Gasteiger partial charge in [0, 0.05) is 16.9 Å². The number of amides is 1. The molecule has 1 aliphatic rings. The predicted molar refractivity (Wildman–Crippen MR) is 103 cm³/mol. The zero-order valence-corrected chi connectivity index (χ0v) is 15.6. The number of thiazole rings is 1. The van der Waals surface area contributed by atoms with E-state index in [-0.39, 0.29) is 11.8 Å². The molecule has 26 heavy (non-hydrogen) atoms. The van der Waals surface area contributed by atoms with Gasteiger partial charge in [-0.1, -0.05) is 35.4 Å². The van der Waals surface area contributed by atoms with E-state index in [4.69, 9.17) is 0 Å². The van der Waals surface area contributed by atoms with Gasteiger partial charge in [-0.15, -0.1) is 16.4 Å². The molecule has 2 heterocycles. The Hall–Kier alpha value is -2.80. The lowest BCUT2D eigenvalue weighted by atomic mass is 9.80. The van der Waals surface area contributed by atoms with Gasteiger partial charge in [0.25, 0.3) is 5.91 Å². The molecular formula is C19H19N5OS. The average Bonchev–Trinajstić information content (AvgIpc) is 3.22. The van der Waals surface area contributed by atoms with E-state index in [2.05, 4.69) is 58.6 Å². The van der Waals surface area contributed by atoms with Crippen LogP contribution in [0.2, 0.25) is 0 Å². The third-order valence-corrected chi connectivity index (χ3v) is 5.42. The van der Waals surface area contributed by atoms with Gasteiger partial charge in [-0.3, -0.25) is 15.2 Å². The van der Waals surface area contributed by atoms with Gasteiger partial charge in [-0.05, 0) is 38.0 Å². The average molecular weight is 365 g/mol. The Labute approximate surface area is 155 Å². The normalized spacial score (nSPS) is 20.0. The molecule has 3 aromatic rings. The minimum atomic E-state index is -0.199. The number of anilines is 1. The van der Waals surface area contributed by atoms with Crippen molar-refractivity contribution in [1.29, 1.82) is 0 Å². The van der Waals surface area contributed by atoms with E-state index in [9.17, 15) is 4.79 Å². The molecule has 132 valence electrons. The van der Waals surface area contributed by atoms with E-state index in [1.54, 1.807) is 18.2 Å². The molecule has 0 spiro atoms. The summed E-state index contributed by atoms with van der Waals surface area (Å²) in [6.45, 7) is 6.46. The largest absolute Gasteiger partial charge is 0.298 e. The number of carbonyl (C=O) groups excluding carboxylic acids is 1. The lowest BCUT2D eigenvalue weighted by molar-refractivity contribution is 0.102. The number of rotatable bonds is 3. The van der Waals surface area contributed by atoms with E-state index < -0.39 is 0 Å². The van der Waals surface area contributed by atoms with Crippen LogP contribution in [0.5, 0.6) is 0 Å². The van der Waals surface area contributed by atoms with Crippen molar-refractivity contribution in [3.63, 3.8) is 0 Å². The van der Waals surface area contributed by atoms with Gasteiger partial charge in [-0.25, -0.2) is 4.98 Å². The van der Waals surface area contributed by atoms with Crippen LogP contribution in [0.3, 0.4) is 0 Å². The lowest BCUT2D eigenvalue weighted by Crippen LogP contribution is -2.15. The Morgan fingerprint density at radius 1 is 1.31 bits per heavy atom. The molecule has 2 unspecified atom stereocenters. The first-order valence-corrected chi connectivity index (χ1v) is 9.33. The Balaban J connectivity index is 1.53. The third-order valence-electron chi connectivity index (χ3n) is 4.65. The molecule has 0 radical (unpaired) electrons. The fraction of sp³-hybridized carbons (Fsp3) is 0.263. The van der Waals surface area contributed by atoms with Crippen LogP contribution >= 0.6 is 11.3 Å². The summed E-state index contributed by atoms with van der Waals surface area (Å²) in [6.07, 6.45) is 4.47. The number of aromatic amines is 1. The van der Waals surface area contributed by atoms with Crippen LogP contribution in [0, 0.1) is 5.92 Å². The maximum atomic E-state index is 12.5. The van der Waals surface area contributed by atoms with Crippen molar-refractivity contribution in [3.8, 4) is 0 Å². The third kappa shape index (κ3) is 3.06. The molecular weight excluding hydrogens is 346 g/mol. The topological polar surface area (TPSA) is 83.6 Å². The highest BCUT2D eigenvalue weighted by Gasteiger charge is 2.25. The first kappa shape index (κ1) is 16.7. The second-order valence-electron chi connectivity index (χ2n) is 6.71. The summed E-state index contributed by atoms with van der Waals surface area (Å²) >= 11 is 1.45. The maximum absolute atomic E-state index is 12.5. The van der Waals surface area contributed by atoms with Crippen LogP contribution in [0.15, 0.2) is 46.9 Å². The van der Waals surface area contributed by atoms with Crippen molar-refractivity contribution in [2.75, 3.05) is 5.32 Å². The Morgan fingerprint density at radius 3 is 2.96 bits per heavy atom. The van der Waals surface area contributed by atoms with Crippen LogP contribution < -0.4 is 5.32 Å². The molecule has 2 aromatic heterocycles. The van der Waals surface area contributed by atoms with Crippen LogP contribution in [-0.4, -0.2) is 26.3 Å². The first-order valence-electron chi connectivity index (χ1n) is 8.45. The standard InChI is InChI=1S/C19H19N5OS/c1-10-6-11(2)17(12(3)7-10)16-9-26-19(20-16)21-18(25)13-4-5-14-15(8-13)23-24-22-14/h4-9,11,17H,1-3H3,(H,20,21,25)(H,22,23,24). The van der Waals surface area contributed by atoms with Crippen LogP contribution in [0.25, 0.3) is 11.0 Å². The number of hydrogen-bond acceptors (Lipinski definition) is 5. The summed E-state index contributed by atoms with van der Waals surface area (Å²) in [5.74, 6) is 0.447. The summed E-state index contributed by atoms with van der Waals surface area (Å²) in [5.41, 5.74) is 5.59. The highest BCUT2D eigenvalue weighted by molar-refractivity contribution is 7.14. The summed E-state index contributed by atoms with van der Waals surface area (Å²) in [7, 11) is 0. The number of hydrogen-bond donors (Lipinski definition) is 2. The number of nitrogens with zero attached hydrogens (tertiary/aromatic N) is 3. The molecule has 6 nitrogen and oxygen atoms in total. The minimum absolute atomic E-state index is 0.199. The minimum Gasteiger partial charge on any atom is -0.298 e. The molecule has 0 bridgehead atoms. The summed E-state index contributed by atoms with van der Waals surface area (Å²) in [6, 6.07) is 5.26. The Kier molecular flexibility index (Phi) is 4.16. The number of nitrogens with one attached hydrogen (secondary N) is 2. The van der Waals surface area contributed by atoms with Gasteiger partial charge >= 0.3 is 0 Å². The highest BCUT2D eigenvalue weighted by Crippen LogP contribution is 2.38. The van der Waals surface area contributed by atoms with E-state index in [1.807, 2.05) is 5.38 Å². The molecule has 0 saturated carbocycles. The molecule has 7 heteroatoms. The quantitative estimate of drug-likeness (QED) is 0.725. The summed E-state index contributed by atoms with van der Waals surface area (Å²) in [5, 5.41) is 16.0. The molecule has 0 fully saturated rings. The number of H-pyrrole nitrogens is 1. The van der Waals surface area contributed by atoms with Crippen molar-refractivity contribution in [2.45, 2.75) is 26.7 Å². The van der Waals surface area contributed by atoms with Crippen molar-refractivity contribution >= 4 is 33.4 Å². The number of benzene rings is 1. The summed E-state index contributed by atoms with van der Waals surface area (Å²) in [4.78, 5) is 17.2. The maximum Gasteiger partial charge on any atom is 0.257 e. The molecule has 0 aliphatic heterocycles. The molecule has 2 N–H and O–H groups in total. The highest BCUT2D eigenvalue weighted by atomic mass is 32.1. The molecule has 0 saturated heterocycles. The molecule has 1 aliphatic carbocycles.